The summed E-state index contributed by atoms with van der Waals surface area (Å²) in [5.74, 6) is 0. The monoisotopic (exact) mass is 201 g/mol. The molecule has 0 aromatic carbocycles. The molecule has 0 bridgehead atoms. The number of nitrogens with zero attached hydrogens (tertiary/aromatic N) is 1. The molecule has 0 aliphatic carbocycles. The second-order valence-corrected chi connectivity index (χ2v) is 4.29. The van der Waals surface area contributed by atoms with Crippen LogP contribution in [0.4, 0.5) is 0 Å². The van der Waals surface area contributed by atoms with E-state index in [9.17, 15) is 5.11 Å². The summed E-state index contributed by atoms with van der Waals surface area (Å²) in [5, 5.41) is 10.4. The van der Waals surface area contributed by atoms with Gasteiger partial charge in [0.05, 0.1) is 6.61 Å². The summed E-state index contributed by atoms with van der Waals surface area (Å²) in [4.78, 5) is 2.11. The van der Waals surface area contributed by atoms with Crippen LogP contribution in [-0.4, -0.2) is 48.3 Å². The standard InChI is InChI=1S/C10H19NO3/c1-10(12,9-7-13-8-14-9)11-5-3-2-4-6-11/h9,12H,2-8H2,1H3. The zero-order valence-electron chi connectivity index (χ0n) is 8.74. The summed E-state index contributed by atoms with van der Waals surface area (Å²) < 4.78 is 10.5. The first-order valence-electron chi connectivity index (χ1n) is 5.38. The summed E-state index contributed by atoms with van der Waals surface area (Å²) in [7, 11) is 0. The first kappa shape index (κ1) is 10.4. The van der Waals surface area contributed by atoms with Gasteiger partial charge in [-0.15, -0.1) is 0 Å². The van der Waals surface area contributed by atoms with Crippen molar-refractivity contribution >= 4 is 0 Å². The molecular formula is C10H19NO3. The highest BCUT2D eigenvalue weighted by Gasteiger charge is 2.41. The van der Waals surface area contributed by atoms with Gasteiger partial charge in [-0.3, -0.25) is 4.90 Å². The van der Waals surface area contributed by atoms with Crippen LogP contribution in [0.5, 0.6) is 0 Å². The van der Waals surface area contributed by atoms with Crippen molar-refractivity contribution < 1.29 is 14.6 Å². The fourth-order valence-electron chi connectivity index (χ4n) is 2.20. The first-order valence-corrected chi connectivity index (χ1v) is 5.38. The van der Waals surface area contributed by atoms with E-state index in [1.165, 1.54) is 19.3 Å². The first-order chi connectivity index (χ1) is 6.71. The number of hydrogen-bond donors (Lipinski definition) is 1. The maximum Gasteiger partial charge on any atom is 0.147 e. The van der Waals surface area contributed by atoms with E-state index in [0.29, 0.717) is 13.4 Å². The Labute approximate surface area is 84.8 Å². The van der Waals surface area contributed by atoms with Crippen LogP contribution in [0.1, 0.15) is 26.2 Å². The molecule has 0 saturated carbocycles. The molecule has 0 amide bonds. The van der Waals surface area contributed by atoms with Crippen LogP contribution in [0, 0.1) is 0 Å². The molecule has 1 N–H and O–H groups in total. The van der Waals surface area contributed by atoms with Crippen molar-refractivity contribution in [3.05, 3.63) is 0 Å². The van der Waals surface area contributed by atoms with Crippen molar-refractivity contribution in [2.45, 2.75) is 38.0 Å². The summed E-state index contributed by atoms with van der Waals surface area (Å²) in [6, 6.07) is 0. The highest BCUT2D eigenvalue weighted by atomic mass is 16.7. The van der Waals surface area contributed by atoms with Gasteiger partial charge in [0.15, 0.2) is 0 Å². The average Bonchev–Trinajstić information content (AvgIpc) is 2.72. The lowest BCUT2D eigenvalue weighted by Gasteiger charge is -2.41. The van der Waals surface area contributed by atoms with Gasteiger partial charge in [0.25, 0.3) is 0 Å². The van der Waals surface area contributed by atoms with E-state index in [-0.39, 0.29) is 6.10 Å². The molecule has 14 heavy (non-hydrogen) atoms. The van der Waals surface area contributed by atoms with Crippen molar-refractivity contribution in [1.82, 2.24) is 4.90 Å². The highest BCUT2D eigenvalue weighted by Crippen LogP contribution is 2.25. The van der Waals surface area contributed by atoms with Crippen LogP contribution >= 0.6 is 0 Å². The third-order valence-electron chi connectivity index (χ3n) is 3.23. The predicted molar refractivity (Wildman–Crippen MR) is 51.7 cm³/mol. The van der Waals surface area contributed by atoms with Crippen molar-refractivity contribution in [1.29, 1.82) is 0 Å². The molecule has 2 rings (SSSR count). The maximum atomic E-state index is 10.4. The SMILES string of the molecule is CC(O)(C1COCO1)N1CCCCC1. The van der Waals surface area contributed by atoms with Gasteiger partial charge in [-0.2, -0.15) is 0 Å². The molecule has 0 aromatic heterocycles. The maximum absolute atomic E-state index is 10.4. The number of piperidine rings is 1. The molecule has 2 heterocycles. The summed E-state index contributed by atoms with van der Waals surface area (Å²) in [6.45, 7) is 4.58. The minimum Gasteiger partial charge on any atom is -0.373 e. The van der Waals surface area contributed by atoms with E-state index in [2.05, 4.69) is 4.90 Å². The highest BCUT2D eigenvalue weighted by molar-refractivity contribution is 4.86. The Kier molecular flexibility index (Phi) is 3.07. The smallest absolute Gasteiger partial charge is 0.147 e. The molecule has 2 aliphatic heterocycles. The van der Waals surface area contributed by atoms with Gasteiger partial charge < -0.3 is 14.6 Å². The quantitative estimate of drug-likeness (QED) is 0.708. The molecule has 82 valence electrons. The van der Waals surface area contributed by atoms with Crippen LogP contribution in [0.25, 0.3) is 0 Å². The van der Waals surface area contributed by atoms with E-state index in [0.717, 1.165) is 13.1 Å². The third-order valence-corrected chi connectivity index (χ3v) is 3.23. The van der Waals surface area contributed by atoms with Crippen LogP contribution in [-0.2, 0) is 9.47 Å². The molecular weight excluding hydrogens is 182 g/mol. The number of rotatable bonds is 2. The fraction of sp³-hybridized carbons (Fsp3) is 1.00. The van der Waals surface area contributed by atoms with E-state index in [4.69, 9.17) is 9.47 Å². The van der Waals surface area contributed by atoms with E-state index >= 15 is 0 Å². The Bertz CT molecular complexity index is 184. The Morgan fingerprint density at radius 2 is 2.00 bits per heavy atom. The Morgan fingerprint density at radius 3 is 2.57 bits per heavy atom. The zero-order valence-corrected chi connectivity index (χ0v) is 8.74. The minimum absolute atomic E-state index is 0.194. The van der Waals surface area contributed by atoms with Gasteiger partial charge in [0.2, 0.25) is 0 Å². The molecule has 4 heteroatoms. The van der Waals surface area contributed by atoms with Crippen LogP contribution in [0.15, 0.2) is 0 Å². The zero-order chi connectivity index (χ0) is 10.0. The van der Waals surface area contributed by atoms with E-state index < -0.39 is 5.72 Å². The van der Waals surface area contributed by atoms with Crippen molar-refractivity contribution in [3.8, 4) is 0 Å². The van der Waals surface area contributed by atoms with Gasteiger partial charge in [-0.25, -0.2) is 0 Å². The second kappa shape index (κ2) is 4.14. The molecule has 0 aromatic rings. The van der Waals surface area contributed by atoms with Crippen molar-refractivity contribution in [2.75, 3.05) is 26.5 Å². The van der Waals surface area contributed by atoms with Crippen molar-refractivity contribution in [2.24, 2.45) is 0 Å². The fourth-order valence-corrected chi connectivity index (χ4v) is 2.20. The Hall–Kier alpha value is -0.160. The number of hydrogen-bond acceptors (Lipinski definition) is 4. The topological polar surface area (TPSA) is 41.9 Å². The molecule has 2 unspecified atom stereocenters. The summed E-state index contributed by atoms with van der Waals surface area (Å²) in [5.41, 5.74) is -0.864. The van der Waals surface area contributed by atoms with Gasteiger partial charge in [0.1, 0.15) is 18.6 Å². The van der Waals surface area contributed by atoms with Crippen LogP contribution < -0.4 is 0 Å². The lowest BCUT2D eigenvalue weighted by molar-refractivity contribution is -0.172. The number of aliphatic hydroxyl groups is 1. The average molecular weight is 201 g/mol. The van der Waals surface area contributed by atoms with Gasteiger partial charge in [0, 0.05) is 13.1 Å². The normalized spacial score (nSPS) is 34.3. The van der Waals surface area contributed by atoms with Gasteiger partial charge >= 0.3 is 0 Å². The van der Waals surface area contributed by atoms with Crippen LogP contribution in [0.2, 0.25) is 0 Å². The number of likely N-dealkylation sites (tertiary alicyclic amines) is 1. The Balaban J connectivity index is 1.97. The minimum atomic E-state index is -0.864. The molecule has 2 aliphatic rings. The Morgan fingerprint density at radius 1 is 1.29 bits per heavy atom. The predicted octanol–water partition coefficient (Wildman–Crippen LogP) is 0.554. The molecule has 0 radical (unpaired) electrons. The van der Waals surface area contributed by atoms with Gasteiger partial charge in [-0.05, 0) is 19.8 Å². The van der Waals surface area contributed by atoms with Crippen molar-refractivity contribution in [3.63, 3.8) is 0 Å². The molecule has 0 spiro atoms. The largest absolute Gasteiger partial charge is 0.373 e. The summed E-state index contributed by atoms with van der Waals surface area (Å²) >= 11 is 0. The molecule has 2 atom stereocenters. The lowest BCUT2D eigenvalue weighted by atomic mass is 10.0. The van der Waals surface area contributed by atoms with E-state index in [1.54, 1.807) is 0 Å². The summed E-state index contributed by atoms with van der Waals surface area (Å²) in [6.07, 6.45) is 3.42. The molecule has 2 saturated heterocycles. The van der Waals surface area contributed by atoms with E-state index in [1.807, 2.05) is 6.92 Å². The molecule has 2 fully saturated rings. The van der Waals surface area contributed by atoms with Gasteiger partial charge in [-0.1, -0.05) is 6.42 Å². The lowest BCUT2D eigenvalue weighted by Crippen LogP contribution is -2.57. The third kappa shape index (κ3) is 1.93. The van der Waals surface area contributed by atoms with Crippen LogP contribution in [0.3, 0.4) is 0 Å². The molecule has 4 nitrogen and oxygen atoms in total. The number of ether oxygens (including phenoxy) is 2. The second-order valence-electron chi connectivity index (χ2n) is 4.29.